The van der Waals surface area contributed by atoms with E-state index in [1.54, 1.807) is 18.3 Å². The highest BCUT2D eigenvalue weighted by molar-refractivity contribution is 5.93. The van der Waals surface area contributed by atoms with Crippen molar-refractivity contribution in [2.24, 2.45) is 0 Å². The summed E-state index contributed by atoms with van der Waals surface area (Å²) in [6, 6.07) is 11.3. The van der Waals surface area contributed by atoms with Gasteiger partial charge in [0, 0.05) is 19.8 Å². The topological polar surface area (TPSA) is 53.4 Å². The molecule has 2 aromatic rings. The minimum atomic E-state index is -0.959. The molecule has 2 rings (SSSR count). The van der Waals surface area contributed by atoms with Crippen molar-refractivity contribution in [2.75, 3.05) is 11.9 Å². The predicted octanol–water partition coefficient (Wildman–Crippen LogP) is 2.72. The van der Waals surface area contributed by atoms with Gasteiger partial charge in [0.2, 0.25) is 0 Å². The van der Waals surface area contributed by atoms with Gasteiger partial charge < -0.3 is 10.0 Å². The number of anilines is 1. The number of aromatic nitrogens is 1. The largest absolute Gasteiger partial charge is 0.478 e. The van der Waals surface area contributed by atoms with Crippen molar-refractivity contribution in [2.45, 2.75) is 13.5 Å². The van der Waals surface area contributed by atoms with E-state index in [4.69, 9.17) is 5.11 Å². The summed E-state index contributed by atoms with van der Waals surface area (Å²) in [6.45, 7) is 2.66. The van der Waals surface area contributed by atoms with Gasteiger partial charge in [0.05, 0.1) is 0 Å². The lowest BCUT2D eigenvalue weighted by molar-refractivity contribution is 0.0697. The molecule has 0 spiro atoms. The third-order valence-corrected chi connectivity index (χ3v) is 2.88. The van der Waals surface area contributed by atoms with Crippen LogP contribution in [-0.2, 0) is 6.54 Å². The van der Waals surface area contributed by atoms with Crippen molar-refractivity contribution in [3.8, 4) is 0 Å². The molecule has 0 aliphatic rings. The van der Waals surface area contributed by atoms with Gasteiger partial charge in [-0.3, -0.25) is 0 Å². The van der Waals surface area contributed by atoms with Crippen LogP contribution in [0, 0.1) is 6.92 Å². The molecule has 0 saturated carbocycles. The van der Waals surface area contributed by atoms with Gasteiger partial charge >= 0.3 is 5.97 Å². The number of benzene rings is 1. The van der Waals surface area contributed by atoms with Crippen molar-refractivity contribution in [3.63, 3.8) is 0 Å². The maximum atomic E-state index is 11.2. The summed E-state index contributed by atoms with van der Waals surface area (Å²) >= 11 is 0. The van der Waals surface area contributed by atoms with Crippen LogP contribution in [0.15, 0.2) is 42.6 Å². The van der Waals surface area contributed by atoms with Crippen LogP contribution in [0.1, 0.15) is 21.5 Å². The molecule has 0 aliphatic carbocycles. The predicted molar refractivity (Wildman–Crippen MR) is 74.5 cm³/mol. The number of nitrogens with zero attached hydrogens (tertiary/aromatic N) is 2. The molecule has 0 saturated heterocycles. The minimum Gasteiger partial charge on any atom is -0.478 e. The summed E-state index contributed by atoms with van der Waals surface area (Å²) in [5, 5.41) is 9.16. The first-order valence-electron chi connectivity index (χ1n) is 6.03. The van der Waals surface area contributed by atoms with Crippen LogP contribution < -0.4 is 4.90 Å². The molecule has 98 valence electrons. The Balaban J connectivity index is 2.25. The molecule has 0 amide bonds. The Morgan fingerprint density at radius 2 is 2.11 bits per heavy atom. The molecule has 1 N–H and O–H groups in total. The number of carbonyl (C=O) groups is 1. The number of rotatable bonds is 4. The average molecular weight is 256 g/mol. The highest BCUT2D eigenvalue weighted by atomic mass is 16.4. The number of aromatic carboxylic acids is 1. The fraction of sp³-hybridized carbons (Fsp3) is 0.200. The van der Waals surface area contributed by atoms with Gasteiger partial charge in [0.25, 0.3) is 0 Å². The molecule has 0 unspecified atom stereocenters. The van der Waals surface area contributed by atoms with E-state index in [0.717, 1.165) is 5.56 Å². The molecule has 1 aromatic heterocycles. The van der Waals surface area contributed by atoms with Gasteiger partial charge in [-0.15, -0.1) is 0 Å². The van der Waals surface area contributed by atoms with Crippen LogP contribution in [0.3, 0.4) is 0 Å². The van der Waals surface area contributed by atoms with Crippen molar-refractivity contribution >= 4 is 11.8 Å². The van der Waals surface area contributed by atoms with Crippen LogP contribution in [0.5, 0.6) is 0 Å². The highest BCUT2D eigenvalue weighted by Gasteiger charge is 2.14. The molecule has 0 aliphatic heterocycles. The fourth-order valence-electron chi connectivity index (χ4n) is 2.03. The monoisotopic (exact) mass is 256 g/mol. The molecule has 0 fully saturated rings. The number of carboxylic acid groups (broad SMARTS) is 1. The molecular formula is C15H16N2O2. The van der Waals surface area contributed by atoms with Crippen LogP contribution in [0.25, 0.3) is 0 Å². The summed E-state index contributed by atoms with van der Waals surface area (Å²) in [4.78, 5) is 17.2. The Bertz CT molecular complexity index is 596. The zero-order valence-corrected chi connectivity index (χ0v) is 11.0. The van der Waals surface area contributed by atoms with Gasteiger partial charge in [-0.1, -0.05) is 29.8 Å². The number of carboxylic acids is 1. The lowest BCUT2D eigenvalue weighted by Crippen LogP contribution is -2.20. The van der Waals surface area contributed by atoms with Gasteiger partial charge in [-0.2, -0.15) is 0 Å². The van der Waals surface area contributed by atoms with Gasteiger partial charge in [-0.05, 0) is 24.6 Å². The zero-order valence-electron chi connectivity index (χ0n) is 11.0. The second-order valence-electron chi connectivity index (χ2n) is 4.52. The lowest BCUT2D eigenvalue weighted by Gasteiger charge is -2.20. The first-order chi connectivity index (χ1) is 9.08. The molecule has 0 bridgehead atoms. The van der Waals surface area contributed by atoms with Gasteiger partial charge in [0.1, 0.15) is 11.4 Å². The number of hydrogen-bond acceptors (Lipinski definition) is 3. The van der Waals surface area contributed by atoms with Crippen molar-refractivity contribution in [1.82, 2.24) is 4.98 Å². The van der Waals surface area contributed by atoms with E-state index in [-0.39, 0.29) is 5.56 Å². The number of aryl methyl sites for hydroxylation is 1. The number of hydrogen-bond donors (Lipinski definition) is 1. The Morgan fingerprint density at radius 3 is 2.79 bits per heavy atom. The molecule has 19 heavy (non-hydrogen) atoms. The van der Waals surface area contributed by atoms with E-state index in [0.29, 0.717) is 12.4 Å². The summed E-state index contributed by atoms with van der Waals surface area (Å²) in [5.41, 5.74) is 2.53. The van der Waals surface area contributed by atoms with Gasteiger partial charge in [0.15, 0.2) is 0 Å². The maximum Gasteiger partial charge on any atom is 0.339 e. The third-order valence-electron chi connectivity index (χ3n) is 2.88. The SMILES string of the molecule is Cc1cccc(CN(C)c2ncccc2C(=O)O)c1. The third kappa shape index (κ3) is 3.10. The normalized spacial score (nSPS) is 10.2. The standard InChI is InChI=1S/C15H16N2O2/c1-11-5-3-6-12(9-11)10-17(2)14-13(15(18)19)7-4-8-16-14/h3-9H,10H2,1-2H3,(H,18,19). The first kappa shape index (κ1) is 13.1. The summed E-state index contributed by atoms with van der Waals surface area (Å²) in [5.74, 6) is -0.476. The minimum absolute atomic E-state index is 0.220. The van der Waals surface area contributed by atoms with E-state index in [2.05, 4.69) is 11.1 Å². The van der Waals surface area contributed by atoms with E-state index < -0.39 is 5.97 Å². The molecule has 0 radical (unpaired) electrons. The summed E-state index contributed by atoms with van der Waals surface area (Å²) in [7, 11) is 1.84. The molecule has 1 aromatic carbocycles. The van der Waals surface area contributed by atoms with Crippen molar-refractivity contribution in [3.05, 3.63) is 59.3 Å². The fourth-order valence-corrected chi connectivity index (χ4v) is 2.03. The molecule has 4 nitrogen and oxygen atoms in total. The zero-order chi connectivity index (χ0) is 13.8. The maximum absolute atomic E-state index is 11.2. The molecule has 0 atom stereocenters. The number of pyridine rings is 1. The Hall–Kier alpha value is -2.36. The van der Waals surface area contributed by atoms with Crippen LogP contribution in [0.4, 0.5) is 5.82 Å². The Kier molecular flexibility index (Phi) is 3.80. The highest BCUT2D eigenvalue weighted by Crippen LogP contribution is 2.18. The average Bonchev–Trinajstić information content (AvgIpc) is 2.38. The lowest BCUT2D eigenvalue weighted by atomic mass is 10.1. The Morgan fingerprint density at radius 1 is 1.32 bits per heavy atom. The summed E-state index contributed by atoms with van der Waals surface area (Å²) < 4.78 is 0. The van der Waals surface area contributed by atoms with Gasteiger partial charge in [-0.25, -0.2) is 9.78 Å². The van der Waals surface area contributed by atoms with Crippen molar-refractivity contribution in [1.29, 1.82) is 0 Å². The van der Waals surface area contributed by atoms with Crippen LogP contribution in [-0.4, -0.2) is 23.1 Å². The van der Waals surface area contributed by atoms with E-state index in [1.807, 2.05) is 37.1 Å². The summed E-state index contributed by atoms with van der Waals surface area (Å²) in [6.07, 6.45) is 1.61. The Labute approximate surface area is 112 Å². The second kappa shape index (κ2) is 5.52. The van der Waals surface area contributed by atoms with E-state index >= 15 is 0 Å². The van der Waals surface area contributed by atoms with E-state index in [9.17, 15) is 4.79 Å². The van der Waals surface area contributed by atoms with Crippen LogP contribution >= 0.6 is 0 Å². The first-order valence-corrected chi connectivity index (χ1v) is 6.03. The van der Waals surface area contributed by atoms with Crippen LogP contribution in [0.2, 0.25) is 0 Å². The smallest absolute Gasteiger partial charge is 0.339 e. The quantitative estimate of drug-likeness (QED) is 0.913. The molecule has 4 heteroatoms. The molecular weight excluding hydrogens is 240 g/mol. The second-order valence-corrected chi connectivity index (χ2v) is 4.52. The van der Waals surface area contributed by atoms with Crippen molar-refractivity contribution < 1.29 is 9.90 Å². The van der Waals surface area contributed by atoms with E-state index in [1.165, 1.54) is 5.56 Å². The molecule has 1 heterocycles.